The number of β-amino-alcohol motifs (C(OH)–C–C–N with tert-alkyl or cyclic N) is 1. The summed E-state index contributed by atoms with van der Waals surface area (Å²) in [6.45, 7) is 3.02. The van der Waals surface area contributed by atoms with Gasteiger partial charge in [-0.2, -0.15) is 0 Å². The number of nitrogens with two attached hydrogens (primary N) is 1. The fourth-order valence-electron chi connectivity index (χ4n) is 1.96. The van der Waals surface area contributed by atoms with Crippen molar-refractivity contribution in [1.29, 1.82) is 0 Å². The van der Waals surface area contributed by atoms with Gasteiger partial charge in [0.25, 0.3) is 5.91 Å². The maximum Gasteiger partial charge on any atom is 0.272 e. The number of rotatable bonds is 1. The third-order valence-electron chi connectivity index (χ3n) is 3.21. The van der Waals surface area contributed by atoms with Gasteiger partial charge in [0, 0.05) is 25.0 Å². The predicted octanol–water partition coefficient (Wildman–Crippen LogP) is 0.507. The molecule has 5 heteroatoms. The Hall–Kier alpha value is -1.62. The molecule has 0 bridgehead atoms. The van der Waals surface area contributed by atoms with Crippen LogP contribution < -0.4 is 5.73 Å². The third kappa shape index (κ3) is 2.55. The number of aromatic nitrogens is 1. The van der Waals surface area contributed by atoms with Crippen LogP contribution in [0.1, 0.15) is 23.8 Å². The number of carbonyl (C=O) groups excluding carboxylic acids is 1. The zero-order valence-corrected chi connectivity index (χ0v) is 9.84. The van der Waals surface area contributed by atoms with Gasteiger partial charge < -0.3 is 15.7 Å². The number of carbonyl (C=O) groups is 1. The molecule has 2 rings (SSSR count). The molecule has 1 fully saturated rings. The molecule has 1 aromatic rings. The first-order chi connectivity index (χ1) is 8.08. The standard InChI is InChI=1S/C12H17N3O2/c1-8-3-5-15(7-11(8)16)12(17)10-6-9(13)2-4-14-10/h2,4,6,8,11,16H,3,5,7H2,1H3,(H2,13,14). The molecule has 0 radical (unpaired) electrons. The van der Waals surface area contributed by atoms with E-state index in [1.54, 1.807) is 17.0 Å². The van der Waals surface area contributed by atoms with E-state index >= 15 is 0 Å². The predicted molar refractivity (Wildman–Crippen MR) is 64.3 cm³/mol. The van der Waals surface area contributed by atoms with Crippen molar-refractivity contribution in [3.63, 3.8) is 0 Å². The Kier molecular flexibility index (Phi) is 3.28. The van der Waals surface area contributed by atoms with E-state index in [0.717, 1.165) is 6.42 Å². The number of piperidine rings is 1. The van der Waals surface area contributed by atoms with Crippen molar-refractivity contribution in [3.8, 4) is 0 Å². The SMILES string of the molecule is CC1CCN(C(=O)c2cc(N)ccn2)CC1O. The van der Waals surface area contributed by atoms with E-state index in [9.17, 15) is 9.90 Å². The lowest BCUT2D eigenvalue weighted by atomic mass is 9.96. The van der Waals surface area contributed by atoms with Crippen LogP contribution in [-0.2, 0) is 0 Å². The van der Waals surface area contributed by atoms with Gasteiger partial charge in [-0.05, 0) is 24.5 Å². The molecule has 1 amide bonds. The van der Waals surface area contributed by atoms with Gasteiger partial charge in [-0.3, -0.25) is 9.78 Å². The molecule has 1 aromatic heterocycles. The molecule has 1 saturated heterocycles. The van der Waals surface area contributed by atoms with Gasteiger partial charge in [0.2, 0.25) is 0 Å². The lowest BCUT2D eigenvalue weighted by Gasteiger charge is -2.34. The molecule has 1 aliphatic heterocycles. The number of likely N-dealkylation sites (tertiary alicyclic amines) is 1. The van der Waals surface area contributed by atoms with Gasteiger partial charge in [0.05, 0.1) is 6.10 Å². The zero-order chi connectivity index (χ0) is 12.4. The van der Waals surface area contributed by atoms with Crippen LogP contribution in [0, 0.1) is 5.92 Å². The minimum absolute atomic E-state index is 0.164. The highest BCUT2D eigenvalue weighted by Gasteiger charge is 2.28. The molecule has 2 heterocycles. The third-order valence-corrected chi connectivity index (χ3v) is 3.21. The molecule has 2 atom stereocenters. The Labute approximate surface area is 100 Å². The second-order valence-electron chi connectivity index (χ2n) is 4.56. The van der Waals surface area contributed by atoms with Crippen LogP contribution in [0.15, 0.2) is 18.3 Å². The van der Waals surface area contributed by atoms with Gasteiger partial charge >= 0.3 is 0 Å². The molecule has 0 aromatic carbocycles. The first-order valence-corrected chi connectivity index (χ1v) is 5.77. The summed E-state index contributed by atoms with van der Waals surface area (Å²) < 4.78 is 0. The van der Waals surface area contributed by atoms with Gasteiger partial charge in [-0.1, -0.05) is 6.92 Å². The van der Waals surface area contributed by atoms with Crippen LogP contribution in [0.4, 0.5) is 5.69 Å². The van der Waals surface area contributed by atoms with E-state index in [4.69, 9.17) is 5.73 Å². The fraction of sp³-hybridized carbons (Fsp3) is 0.500. The molecule has 2 unspecified atom stereocenters. The smallest absolute Gasteiger partial charge is 0.272 e. The topological polar surface area (TPSA) is 79.5 Å². The molecule has 0 spiro atoms. The van der Waals surface area contributed by atoms with Crippen molar-refractivity contribution in [2.45, 2.75) is 19.4 Å². The maximum atomic E-state index is 12.1. The number of hydrogen-bond acceptors (Lipinski definition) is 4. The average molecular weight is 235 g/mol. The van der Waals surface area contributed by atoms with Crippen LogP contribution in [-0.4, -0.2) is 40.1 Å². The highest BCUT2D eigenvalue weighted by Crippen LogP contribution is 2.18. The maximum absolute atomic E-state index is 12.1. The number of pyridine rings is 1. The number of amides is 1. The number of nitrogen functional groups attached to an aromatic ring is 1. The van der Waals surface area contributed by atoms with Gasteiger partial charge in [-0.25, -0.2) is 0 Å². The molecule has 92 valence electrons. The average Bonchev–Trinajstić information content (AvgIpc) is 2.32. The van der Waals surface area contributed by atoms with E-state index in [-0.39, 0.29) is 11.8 Å². The van der Waals surface area contributed by atoms with Crippen molar-refractivity contribution >= 4 is 11.6 Å². The molecular weight excluding hydrogens is 218 g/mol. The van der Waals surface area contributed by atoms with Crippen LogP contribution in [0.25, 0.3) is 0 Å². The Balaban J connectivity index is 2.10. The second-order valence-corrected chi connectivity index (χ2v) is 4.56. The number of aliphatic hydroxyl groups excluding tert-OH is 1. The van der Waals surface area contributed by atoms with Crippen molar-refractivity contribution in [2.75, 3.05) is 18.8 Å². The molecule has 1 aliphatic rings. The van der Waals surface area contributed by atoms with Crippen molar-refractivity contribution < 1.29 is 9.90 Å². The highest BCUT2D eigenvalue weighted by molar-refractivity contribution is 5.93. The van der Waals surface area contributed by atoms with Crippen LogP contribution in [0.3, 0.4) is 0 Å². The second kappa shape index (κ2) is 4.71. The minimum Gasteiger partial charge on any atom is -0.399 e. The summed E-state index contributed by atoms with van der Waals surface area (Å²) >= 11 is 0. The normalized spacial score (nSPS) is 24.7. The van der Waals surface area contributed by atoms with Gasteiger partial charge in [-0.15, -0.1) is 0 Å². The number of hydrogen-bond donors (Lipinski definition) is 2. The lowest BCUT2D eigenvalue weighted by Crippen LogP contribution is -2.46. The van der Waals surface area contributed by atoms with E-state index in [1.165, 1.54) is 6.20 Å². The number of aliphatic hydroxyl groups is 1. The monoisotopic (exact) mass is 235 g/mol. The van der Waals surface area contributed by atoms with E-state index in [2.05, 4.69) is 4.98 Å². The zero-order valence-electron chi connectivity index (χ0n) is 9.84. The summed E-state index contributed by atoms with van der Waals surface area (Å²) in [5.74, 6) is 0.0797. The largest absolute Gasteiger partial charge is 0.399 e. The van der Waals surface area contributed by atoms with Crippen molar-refractivity contribution in [1.82, 2.24) is 9.88 Å². The van der Waals surface area contributed by atoms with Crippen molar-refractivity contribution in [2.24, 2.45) is 5.92 Å². The summed E-state index contributed by atoms with van der Waals surface area (Å²) in [5.41, 5.74) is 6.48. The minimum atomic E-state index is -0.450. The Bertz CT molecular complexity index is 422. The molecule has 17 heavy (non-hydrogen) atoms. The number of anilines is 1. The van der Waals surface area contributed by atoms with Crippen LogP contribution in [0.2, 0.25) is 0 Å². The summed E-state index contributed by atoms with van der Waals surface area (Å²) in [4.78, 5) is 17.7. The first kappa shape index (κ1) is 11.9. The summed E-state index contributed by atoms with van der Waals surface area (Å²) in [7, 11) is 0. The lowest BCUT2D eigenvalue weighted by molar-refractivity contribution is 0.0245. The molecule has 5 nitrogen and oxygen atoms in total. The van der Waals surface area contributed by atoms with E-state index in [1.807, 2.05) is 6.92 Å². The molecule has 3 N–H and O–H groups in total. The quantitative estimate of drug-likeness (QED) is 0.743. The summed E-state index contributed by atoms with van der Waals surface area (Å²) in [6, 6.07) is 3.21. The highest BCUT2D eigenvalue weighted by atomic mass is 16.3. The summed E-state index contributed by atoms with van der Waals surface area (Å²) in [6.07, 6.45) is 1.88. The summed E-state index contributed by atoms with van der Waals surface area (Å²) in [5, 5.41) is 9.76. The van der Waals surface area contributed by atoms with Gasteiger partial charge in [0.1, 0.15) is 5.69 Å². The Morgan fingerprint density at radius 3 is 3.06 bits per heavy atom. The number of nitrogens with zero attached hydrogens (tertiary/aromatic N) is 2. The van der Waals surface area contributed by atoms with Crippen molar-refractivity contribution in [3.05, 3.63) is 24.0 Å². The molecule has 0 aliphatic carbocycles. The van der Waals surface area contributed by atoms with Gasteiger partial charge in [0.15, 0.2) is 0 Å². The van der Waals surface area contributed by atoms with E-state index < -0.39 is 6.10 Å². The fourth-order valence-corrected chi connectivity index (χ4v) is 1.96. The first-order valence-electron chi connectivity index (χ1n) is 5.77. The van der Waals surface area contributed by atoms with E-state index in [0.29, 0.717) is 24.5 Å². The Morgan fingerprint density at radius 1 is 1.65 bits per heavy atom. The molecule has 0 saturated carbocycles. The van der Waals surface area contributed by atoms with Crippen LogP contribution in [0.5, 0.6) is 0 Å². The molecular formula is C12H17N3O2. The van der Waals surface area contributed by atoms with Crippen LogP contribution >= 0.6 is 0 Å². The Morgan fingerprint density at radius 2 is 2.41 bits per heavy atom.